The molecule has 0 atom stereocenters. The van der Waals surface area contributed by atoms with Gasteiger partial charge in [-0.1, -0.05) is 0 Å². The zero-order valence-corrected chi connectivity index (χ0v) is 5.83. The van der Waals surface area contributed by atoms with Crippen LogP contribution in [0.25, 0.3) is 0 Å². The Morgan fingerprint density at radius 3 is 2.60 bits per heavy atom. The summed E-state index contributed by atoms with van der Waals surface area (Å²) in [5.74, 6) is 0.396. The van der Waals surface area contributed by atoms with Gasteiger partial charge in [0.05, 0.1) is 14.2 Å². The van der Waals surface area contributed by atoms with Gasteiger partial charge in [0.15, 0.2) is 6.73 Å². The van der Waals surface area contributed by atoms with Crippen LogP contribution in [0.2, 0.25) is 0 Å². The van der Waals surface area contributed by atoms with Gasteiger partial charge in [-0.3, -0.25) is 5.21 Å². The van der Waals surface area contributed by atoms with Crippen molar-refractivity contribution in [3.05, 3.63) is 11.8 Å². The van der Waals surface area contributed by atoms with Gasteiger partial charge in [0, 0.05) is 0 Å². The van der Waals surface area contributed by atoms with Crippen molar-refractivity contribution in [2.24, 2.45) is 0 Å². The maximum absolute atomic E-state index is 8.94. The summed E-state index contributed by atoms with van der Waals surface area (Å²) in [4.78, 5) is 0. The highest BCUT2D eigenvalue weighted by Gasteiger charge is 2.24. The molecule has 0 aromatic rings. The zero-order valence-electron chi connectivity index (χ0n) is 5.83. The molecule has 1 aliphatic heterocycles. The molecule has 0 aromatic heterocycles. The van der Waals surface area contributed by atoms with E-state index in [1.165, 1.54) is 14.2 Å². The Morgan fingerprint density at radius 2 is 2.20 bits per heavy atom. The van der Waals surface area contributed by atoms with E-state index in [0.717, 1.165) is 5.06 Å². The molecule has 0 saturated carbocycles. The summed E-state index contributed by atoms with van der Waals surface area (Å²) in [7, 11) is 2.86. The third kappa shape index (κ3) is 0.950. The van der Waals surface area contributed by atoms with Gasteiger partial charge >= 0.3 is 5.95 Å². The Labute approximate surface area is 58.4 Å². The molecule has 0 spiro atoms. The van der Waals surface area contributed by atoms with Crippen molar-refractivity contribution in [1.29, 1.82) is 0 Å². The van der Waals surface area contributed by atoms with E-state index in [-0.39, 0.29) is 18.6 Å². The Balaban J connectivity index is 2.71. The van der Waals surface area contributed by atoms with E-state index in [4.69, 9.17) is 19.4 Å². The second-order valence-corrected chi connectivity index (χ2v) is 1.67. The SMILES string of the molecule is COC1=C(OC)N(O)CO1. The number of rotatable bonds is 2. The van der Waals surface area contributed by atoms with E-state index >= 15 is 0 Å². The van der Waals surface area contributed by atoms with Gasteiger partial charge in [-0.05, 0) is 0 Å². The highest BCUT2D eigenvalue weighted by molar-refractivity contribution is 4.94. The van der Waals surface area contributed by atoms with E-state index in [0.29, 0.717) is 0 Å². The van der Waals surface area contributed by atoms with Crippen LogP contribution in [-0.2, 0) is 14.2 Å². The minimum Gasteiger partial charge on any atom is -0.476 e. The maximum atomic E-state index is 8.94. The van der Waals surface area contributed by atoms with Gasteiger partial charge in [0.1, 0.15) is 0 Å². The highest BCUT2D eigenvalue weighted by Crippen LogP contribution is 2.18. The van der Waals surface area contributed by atoms with Crippen LogP contribution in [0.15, 0.2) is 11.8 Å². The van der Waals surface area contributed by atoms with E-state index in [1.54, 1.807) is 0 Å². The van der Waals surface area contributed by atoms with Gasteiger partial charge in [-0.25, -0.2) is 0 Å². The van der Waals surface area contributed by atoms with E-state index in [1.807, 2.05) is 0 Å². The first-order valence-corrected chi connectivity index (χ1v) is 2.71. The molecule has 0 aliphatic carbocycles. The zero-order chi connectivity index (χ0) is 7.56. The highest BCUT2D eigenvalue weighted by atomic mass is 16.7. The molecule has 0 aromatic carbocycles. The fourth-order valence-electron chi connectivity index (χ4n) is 0.680. The summed E-state index contributed by atoms with van der Waals surface area (Å²) in [6.45, 7) is 0.0480. The summed E-state index contributed by atoms with van der Waals surface area (Å²) >= 11 is 0. The first-order chi connectivity index (χ1) is 4.79. The molecular weight excluding hydrogens is 138 g/mol. The van der Waals surface area contributed by atoms with Crippen molar-refractivity contribution >= 4 is 0 Å². The number of hydrogen-bond donors (Lipinski definition) is 1. The van der Waals surface area contributed by atoms with E-state index in [2.05, 4.69) is 0 Å². The molecule has 0 bridgehead atoms. The number of methoxy groups -OCH3 is 2. The molecule has 0 saturated heterocycles. The van der Waals surface area contributed by atoms with Crippen LogP contribution < -0.4 is 0 Å². The van der Waals surface area contributed by atoms with Crippen molar-refractivity contribution in [3.63, 3.8) is 0 Å². The normalized spacial score (nSPS) is 17.3. The van der Waals surface area contributed by atoms with Crippen LogP contribution in [0.1, 0.15) is 0 Å². The van der Waals surface area contributed by atoms with E-state index in [9.17, 15) is 0 Å². The first kappa shape index (κ1) is 7.01. The van der Waals surface area contributed by atoms with Gasteiger partial charge < -0.3 is 14.2 Å². The third-order valence-electron chi connectivity index (χ3n) is 1.11. The smallest absolute Gasteiger partial charge is 0.346 e. The van der Waals surface area contributed by atoms with Gasteiger partial charge in [0.2, 0.25) is 0 Å². The first-order valence-electron chi connectivity index (χ1n) is 2.71. The molecular formula is C5H9NO4. The van der Waals surface area contributed by atoms with Crippen LogP contribution in [0.5, 0.6) is 0 Å². The third-order valence-corrected chi connectivity index (χ3v) is 1.11. The lowest BCUT2D eigenvalue weighted by atomic mass is 10.8. The molecule has 0 radical (unpaired) electrons. The monoisotopic (exact) mass is 147 g/mol. The average molecular weight is 147 g/mol. The van der Waals surface area contributed by atoms with Crippen LogP contribution in [0.4, 0.5) is 0 Å². The molecule has 5 heteroatoms. The van der Waals surface area contributed by atoms with Crippen molar-refractivity contribution in [2.75, 3.05) is 21.0 Å². The minimum absolute atomic E-state index is 0.0480. The van der Waals surface area contributed by atoms with Crippen molar-refractivity contribution in [2.45, 2.75) is 0 Å². The lowest BCUT2D eigenvalue weighted by Crippen LogP contribution is -2.15. The molecule has 1 aliphatic rings. The van der Waals surface area contributed by atoms with Crippen molar-refractivity contribution in [3.8, 4) is 0 Å². The molecule has 58 valence electrons. The maximum Gasteiger partial charge on any atom is 0.346 e. The summed E-state index contributed by atoms with van der Waals surface area (Å²) in [5, 5.41) is 9.75. The molecule has 0 unspecified atom stereocenters. The molecule has 1 heterocycles. The van der Waals surface area contributed by atoms with Gasteiger partial charge in [-0.2, -0.15) is 5.06 Å². The number of hydroxylamine groups is 2. The fraction of sp³-hybridized carbons (Fsp3) is 0.600. The van der Waals surface area contributed by atoms with Gasteiger partial charge in [0.25, 0.3) is 5.88 Å². The number of ether oxygens (including phenoxy) is 3. The standard InChI is InChI=1S/C5H9NO4/c1-8-4-5(9-2)10-3-6(4)7/h7H,3H2,1-2H3. The Bertz CT molecular complexity index is 156. The quantitative estimate of drug-likeness (QED) is 0.599. The lowest BCUT2D eigenvalue weighted by Gasteiger charge is -2.06. The minimum atomic E-state index is 0.0480. The summed E-state index contributed by atoms with van der Waals surface area (Å²) in [6, 6.07) is 0. The van der Waals surface area contributed by atoms with E-state index < -0.39 is 0 Å². The predicted molar refractivity (Wildman–Crippen MR) is 30.6 cm³/mol. The van der Waals surface area contributed by atoms with Crippen LogP contribution in [-0.4, -0.2) is 31.2 Å². The van der Waals surface area contributed by atoms with Gasteiger partial charge in [-0.15, -0.1) is 0 Å². The number of nitrogens with zero attached hydrogens (tertiary/aromatic N) is 1. The Kier molecular flexibility index (Phi) is 1.86. The molecule has 1 N–H and O–H groups in total. The Morgan fingerprint density at radius 1 is 1.50 bits per heavy atom. The fourth-order valence-corrected chi connectivity index (χ4v) is 0.680. The second-order valence-electron chi connectivity index (χ2n) is 1.67. The predicted octanol–water partition coefficient (Wildman–Crippen LogP) is 0.0847. The summed E-state index contributed by atoms with van der Waals surface area (Å²) in [5.41, 5.74) is 0. The molecule has 0 fully saturated rings. The summed E-state index contributed by atoms with van der Waals surface area (Å²) in [6.07, 6.45) is 0. The van der Waals surface area contributed by atoms with Crippen molar-refractivity contribution in [1.82, 2.24) is 5.06 Å². The summed E-state index contributed by atoms with van der Waals surface area (Å²) < 4.78 is 14.3. The van der Waals surface area contributed by atoms with Crippen LogP contribution in [0, 0.1) is 0 Å². The largest absolute Gasteiger partial charge is 0.476 e. The second kappa shape index (κ2) is 2.66. The molecule has 0 amide bonds. The van der Waals surface area contributed by atoms with Crippen molar-refractivity contribution < 1.29 is 19.4 Å². The molecule has 10 heavy (non-hydrogen) atoms. The van der Waals surface area contributed by atoms with Crippen LogP contribution in [0.3, 0.4) is 0 Å². The Hall–Kier alpha value is -1.10. The lowest BCUT2D eigenvalue weighted by molar-refractivity contribution is -0.122. The average Bonchev–Trinajstić information content (AvgIpc) is 2.30. The molecule has 1 rings (SSSR count). The van der Waals surface area contributed by atoms with Crippen LogP contribution >= 0.6 is 0 Å². The molecule has 5 nitrogen and oxygen atoms in total. The number of hydrogen-bond acceptors (Lipinski definition) is 5. The topological polar surface area (TPSA) is 51.2 Å².